The molecule has 2 aliphatic rings. The van der Waals surface area contributed by atoms with Gasteiger partial charge in [0.05, 0.1) is 6.04 Å². The molecular weight excluding hydrogens is 535 g/mol. The summed E-state index contributed by atoms with van der Waals surface area (Å²) in [5, 5.41) is 5.03. The van der Waals surface area contributed by atoms with Crippen molar-refractivity contribution in [3.63, 3.8) is 0 Å². The van der Waals surface area contributed by atoms with E-state index in [1.807, 2.05) is 40.5 Å². The number of halogens is 1. The molecule has 1 fully saturated rings. The first kappa shape index (κ1) is 24.6. The molecular formula is C28H31IN4O. The summed E-state index contributed by atoms with van der Waals surface area (Å²) in [5.74, 6) is 0.387. The van der Waals surface area contributed by atoms with Gasteiger partial charge in [0.1, 0.15) is 5.82 Å². The second-order valence-corrected chi connectivity index (χ2v) is 9.65. The Hall–Kier alpha value is -2.55. The van der Waals surface area contributed by atoms with E-state index >= 15 is 0 Å². The Kier molecular flexibility index (Phi) is 8.13. The highest BCUT2D eigenvalue weighted by atomic mass is 127. The Labute approximate surface area is 215 Å². The number of carbonyl (C=O) groups is 1. The van der Waals surface area contributed by atoms with Crippen LogP contribution in [-0.4, -0.2) is 60.0 Å². The molecule has 1 amide bonds. The summed E-state index contributed by atoms with van der Waals surface area (Å²) >= 11 is 2.19. The fourth-order valence-electron chi connectivity index (χ4n) is 4.43. The number of carbonyl (C=O) groups excluding carboxylic acids is 1. The third-order valence-corrected chi connectivity index (χ3v) is 6.80. The van der Waals surface area contributed by atoms with Crippen molar-refractivity contribution >= 4 is 50.7 Å². The highest BCUT2D eigenvalue weighted by Crippen LogP contribution is 2.25. The van der Waals surface area contributed by atoms with Gasteiger partial charge in [0, 0.05) is 36.8 Å². The molecule has 1 unspecified atom stereocenters. The van der Waals surface area contributed by atoms with E-state index in [1.54, 1.807) is 6.20 Å². The molecule has 1 atom stereocenters. The molecule has 4 rings (SSSR count). The first-order valence-corrected chi connectivity index (χ1v) is 12.8. The number of fused-ring (bicyclic) bond motifs is 1. The Bertz CT molecular complexity index is 1200. The van der Waals surface area contributed by atoms with Crippen LogP contribution in [0.5, 0.6) is 0 Å². The van der Waals surface area contributed by atoms with Gasteiger partial charge in [0.15, 0.2) is 0 Å². The van der Waals surface area contributed by atoms with Gasteiger partial charge in [-0.15, -0.1) is 0 Å². The van der Waals surface area contributed by atoms with E-state index in [2.05, 4.69) is 75.0 Å². The molecule has 1 N–H and O–H groups in total. The van der Waals surface area contributed by atoms with Gasteiger partial charge >= 0.3 is 0 Å². The van der Waals surface area contributed by atoms with Crippen molar-refractivity contribution in [3.8, 4) is 0 Å². The molecule has 0 saturated carbocycles. The van der Waals surface area contributed by atoms with Gasteiger partial charge in [0.25, 0.3) is 5.91 Å². The van der Waals surface area contributed by atoms with Gasteiger partial charge in [-0.3, -0.25) is 9.69 Å². The zero-order valence-electron chi connectivity index (χ0n) is 19.6. The van der Waals surface area contributed by atoms with Crippen molar-refractivity contribution in [2.24, 2.45) is 0 Å². The molecule has 1 aromatic carbocycles. The van der Waals surface area contributed by atoms with E-state index in [1.165, 1.54) is 0 Å². The van der Waals surface area contributed by atoms with Crippen LogP contribution in [0.25, 0.3) is 16.3 Å². The van der Waals surface area contributed by atoms with Crippen LogP contribution in [0.3, 0.4) is 0 Å². The van der Waals surface area contributed by atoms with Crippen LogP contribution in [0, 0.1) is 0 Å². The molecule has 1 aliphatic carbocycles. The van der Waals surface area contributed by atoms with Crippen LogP contribution in [0.4, 0.5) is 5.82 Å². The summed E-state index contributed by atoms with van der Waals surface area (Å²) < 4.78 is 1.95. The summed E-state index contributed by atoms with van der Waals surface area (Å²) in [6.07, 6.45) is 11.7. The lowest BCUT2D eigenvalue weighted by molar-refractivity contribution is -0.112. The number of allylic oxidation sites excluding steroid dienone is 3. The fraction of sp³-hybridized carbons (Fsp3) is 0.286. The van der Waals surface area contributed by atoms with E-state index in [0.29, 0.717) is 11.4 Å². The SMILES string of the molecule is C=C(/C=C/I)c1ccc2cnc(NC(=O)C3=CC(N4CCCN(C)CC4)C(=C)CC=C3)cc2c1. The van der Waals surface area contributed by atoms with E-state index in [4.69, 9.17) is 0 Å². The van der Waals surface area contributed by atoms with Crippen LogP contribution in [0.1, 0.15) is 18.4 Å². The van der Waals surface area contributed by atoms with Crippen LogP contribution >= 0.6 is 22.6 Å². The summed E-state index contributed by atoms with van der Waals surface area (Å²) in [5.41, 5.74) is 3.76. The zero-order valence-corrected chi connectivity index (χ0v) is 21.8. The van der Waals surface area contributed by atoms with Gasteiger partial charge in [-0.1, -0.05) is 71.7 Å². The average Bonchev–Trinajstić information content (AvgIpc) is 3.16. The molecule has 2 aromatic rings. The Morgan fingerprint density at radius 2 is 2.06 bits per heavy atom. The van der Waals surface area contributed by atoms with E-state index in [-0.39, 0.29) is 11.9 Å². The summed E-state index contributed by atoms with van der Waals surface area (Å²) in [7, 11) is 2.16. The monoisotopic (exact) mass is 566 g/mol. The zero-order chi connectivity index (χ0) is 24.1. The Morgan fingerprint density at radius 1 is 1.21 bits per heavy atom. The van der Waals surface area contributed by atoms with Crippen molar-refractivity contribution in [1.29, 1.82) is 0 Å². The smallest absolute Gasteiger partial charge is 0.256 e. The predicted molar refractivity (Wildman–Crippen MR) is 151 cm³/mol. The number of nitrogens with one attached hydrogen (secondary N) is 1. The number of amides is 1. The van der Waals surface area contributed by atoms with E-state index in [9.17, 15) is 4.79 Å². The lowest BCUT2D eigenvalue weighted by atomic mass is 10.0. The first-order valence-electron chi connectivity index (χ1n) is 11.6. The van der Waals surface area contributed by atoms with Gasteiger partial charge in [-0.05, 0) is 65.2 Å². The van der Waals surface area contributed by atoms with Crippen molar-refractivity contribution in [2.45, 2.75) is 18.9 Å². The third-order valence-electron chi connectivity index (χ3n) is 6.44. The lowest BCUT2D eigenvalue weighted by Crippen LogP contribution is -2.38. The maximum Gasteiger partial charge on any atom is 0.256 e. The Morgan fingerprint density at radius 3 is 2.88 bits per heavy atom. The largest absolute Gasteiger partial charge is 0.307 e. The number of pyridine rings is 1. The molecule has 5 nitrogen and oxygen atoms in total. The molecule has 0 radical (unpaired) electrons. The molecule has 6 heteroatoms. The van der Waals surface area contributed by atoms with E-state index < -0.39 is 0 Å². The van der Waals surface area contributed by atoms with Crippen LogP contribution in [0.2, 0.25) is 0 Å². The van der Waals surface area contributed by atoms with Gasteiger partial charge < -0.3 is 10.2 Å². The van der Waals surface area contributed by atoms with Crippen LogP contribution < -0.4 is 5.32 Å². The van der Waals surface area contributed by atoms with Crippen molar-refractivity contribution in [3.05, 3.63) is 88.7 Å². The molecule has 1 aliphatic heterocycles. The van der Waals surface area contributed by atoms with Crippen LogP contribution in [-0.2, 0) is 4.79 Å². The van der Waals surface area contributed by atoms with Crippen molar-refractivity contribution in [1.82, 2.24) is 14.8 Å². The second kappa shape index (κ2) is 11.3. The molecule has 176 valence electrons. The lowest BCUT2D eigenvalue weighted by Gasteiger charge is -2.29. The number of rotatable bonds is 5. The molecule has 1 saturated heterocycles. The third kappa shape index (κ3) is 5.92. The minimum absolute atomic E-state index is 0.0614. The quantitative estimate of drug-likeness (QED) is 0.292. The number of hydrogen-bond donors (Lipinski definition) is 1. The second-order valence-electron chi connectivity index (χ2n) is 8.93. The van der Waals surface area contributed by atoms with Gasteiger partial charge in [-0.2, -0.15) is 0 Å². The maximum atomic E-state index is 13.2. The number of hydrogen-bond acceptors (Lipinski definition) is 4. The minimum atomic E-state index is -0.150. The molecule has 0 bridgehead atoms. The molecule has 34 heavy (non-hydrogen) atoms. The normalized spacial score (nSPS) is 20.2. The number of nitrogens with zero attached hydrogens (tertiary/aromatic N) is 3. The summed E-state index contributed by atoms with van der Waals surface area (Å²) in [4.78, 5) is 22.5. The summed E-state index contributed by atoms with van der Waals surface area (Å²) in [6.45, 7) is 12.5. The first-order chi connectivity index (χ1) is 16.4. The number of likely N-dealkylation sites (N-methyl/N-ethyl adjacent to an activating group) is 1. The topological polar surface area (TPSA) is 48.5 Å². The van der Waals surface area contributed by atoms with Gasteiger partial charge in [-0.25, -0.2) is 4.98 Å². The molecule has 0 spiro atoms. The number of aromatic nitrogens is 1. The molecule has 2 heterocycles. The average molecular weight is 566 g/mol. The minimum Gasteiger partial charge on any atom is -0.307 e. The van der Waals surface area contributed by atoms with Gasteiger partial charge in [0.2, 0.25) is 0 Å². The fourth-order valence-corrected chi connectivity index (χ4v) is 4.87. The summed E-state index contributed by atoms with van der Waals surface area (Å²) in [6, 6.07) is 8.12. The highest BCUT2D eigenvalue weighted by molar-refractivity contribution is 14.1. The standard InChI is InChI=1S/C28H31IN4O/c1-20(10-11-29)22-8-9-24-19-30-27(18-25(24)16-22)31-28(34)23-7-4-6-21(2)26(17-23)33-13-5-12-32(3)14-15-33/h4,7-11,16-19,26H,1-2,5-6,12-15H2,3H3,(H,30,31,34)/b11-10+. The number of anilines is 1. The van der Waals surface area contributed by atoms with Crippen molar-refractivity contribution < 1.29 is 4.79 Å². The molecule has 1 aromatic heterocycles. The van der Waals surface area contributed by atoms with Crippen molar-refractivity contribution in [2.75, 3.05) is 38.5 Å². The Balaban J connectivity index is 1.55. The number of benzene rings is 1. The van der Waals surface area contributed by atoms with Crippen LogP contribution in [0.15, 0.2) is 83.2 Å². The highest BCUT2D eigenvalue weighted by Gasteiger charge is 2.24. The maximum absolute atomic E-state index is 13.2. The van der Waals surface area contributed by atoms with E-state index in [0.717, 1.165) is 66.5 Å². The predicted octanol–water partition coefficient (Wildman–Crippen LogP) is 5.58.